The van der Waals surface area contributed by atoms with Gasteiger partial charge >= 0.3 is 0 Å². The summed E-state index contributed by atoms with van der Waals surface area (Å²) in [6, 6.07) is 3.40. The van der Waals surface area contributed by atoms with Crippen LogP contribution in [0.5, 0.6) is 5.75 Å². The van der Waals surface area contributed by atoms with Gasteiger partial charge in [-0.1, -0.05) is 38.0 Å². The monoisotopic (exact) mass is 570 g/mol. The minimum atomic E-state index is -0.808. The largest absolute Gasteiger partial charge is 0.490 e. The van der Waals surface area contributed by atoms with Crippen molar-refractivity contribution >= 4 is 0 Å². The first-order valence-electron chi connectivity index (χ1n) is 17.4. The summed E-state index contributed by atoms with van der Waals surface area (Å²) >= 11 is 0. The Morgan fingerprint density at radius 3 is 1.98 bits per heavy atom. The highest BCUT2D eigenvalue weighted by Gasteiger charge is 2.37. The number of rotatable bonds is 10. The van der Waals surface area contributed by atoms with E-state index in [1.165, 1.54) is 77.0 Å². The highest BCUT2D eigenvalue weighted by molar-refractivity contribution is 5.33. The Hall–Kier alpha value is -1.42. The van der Waals surface area contributed by atoms with E-state index in [1.54, 1.807) is 12.1 Å². The topological polar surface area (TPSA) is 18.5 Å². The van der Waals surface area contributed by atoms with Crippen LogP contribution < -0.4 is 4.74 Å². The van der Waals surface area contributed by atoms with Gasteiger partial charge in [-0.25, -0.2) is 4.39 Å². The maximum Gasteiger partial charge on any atom is 0.200 e. The Kier molecular flexibility index (Phi) is 11.6. The number of halogens is 2. The average molecular weight is 571 g/mol. The SMILES string of the molecule is C/C=C/CCC1CCC(C2CCC(C3CCC(C4CCC(c5ccc(OCCC)c(F)c5F)CC4)CC3)CO2)CC1. The molecule has 0 radical (unpaired) electrons. The van der Waals surface area contributed by atoms with Crippen LogP contribution in [0.15, 0.2) is 24.3 Å². The first-order valence-corrected chi connectivity index (χ1v) is 17.4. The van der Waals surface area contributed by atoms with Crippen molar-refractivity contribution < 1.29 is 18.3 Å². The van der Waals surface area contributed by atoms with E-state index in [0.717, 1.165) is 74.2 Å². The van der Waals surface area contributed by atoms with E-state index < -0.39 is 11.6 Å². The minimum Gasteiger partial charge on any atom is -0.490 e. The molecule has 230 valence electrons. The summed E-state index contributed by atoms with van der Waals surface area (Å²) in [5.41, 5.74) is 0.557. The normalized spacial score (nSPS) is 35.0. The smallest absolute Gasteiger partial charge is 0.200 e. The summed E-state index contributed by atoms with van der Waals surface area (Å²) in [4.78, 5) is 0. The molecule has 4 heteroatoms. The third-order valence-corrected chi connectivity index (χ3v) is 11.6. The molecule has 1 aromatic rings. The van der Waals surface area contributed by atoms with Crippen LogP contribution in [-0.4, -0.2) is 19.3 Å². The van der Waals surface area contributed by atoms with Crippen LogP contribution >= 0.6 is 0 Å². The molecule has 4 fully saturated rings. The van der Waals surface area contributed by atoms with Gasteiger partial charge < -0.3 is 9.47 Å². The van der Waals surface area contributed by atoms with Gasteiger partial charge in [0, 0.05) is 0 Å². The van der Waals surface area contributed by atoms with Crippen molar-refractivity contribution in [1.82, 2.24) is 0 Å². The lowest BCUT2D eigenvalue weighted by Crippen LogP contribution is -2.37. The van der Waals surface area contributed by atoms with Crippen LogP contribution in [0.3, 0.4) is 0 Å². The standard InChI is InChI=1S/C37H56F2O2/c1-3-5-6-7-26-8-10-31(11-9-26)34-22-20-32(25-41-34)29-14-12-27(13-15-29)28-16-18-30(19-17-28)33-21-23-35(40-24-4-2)37(39)36(33)38/h3,5,21,23,26-32,34H,4,6-20,22,24-25H2,1-2H3/b5-3+. The van der Waals surface area contributed by atoms with E-state index in [1.807, 2.05) is 6.92 Å². The first kappa shape index (κ1) is 31.0. The van der Waals surface area contributed by atoms with E-state index in [0.29, 0.717) is 18.3 Å². The van der Waals surface area contributed by atoms with E-state index in [4.69, 9.17) is 9.47 Å². The van der Waals surface area contributed by atoms with Crippen molar-refractivity contribution in [3.05, 3.63) is 41.5 Å². The fourth-order valence-corrected chi connectivity index (χ4v) is 9.06. The van der Waals surface area contributed by atoms with E-state index in [9.17, 15) is 8.78 Å². The molecule has 1 aliphatic heterocycles. The van der Waals surface area contributed by atoms with Crippen LogP contribution in [0.1, 0.15) is 134 Å². The van der Waals surface area contributed by atoms with Crippen molar-refractivity contribution in [2.75, 3.05) is 13.2 Å². The third kappa shape index (κ3) is 7.95. The van der Waals surface area contributed by atoms with Crippen molar-refractivity contribution in [2.24, 2.45) is 35.5 Å². The summed E-state index contributed by atoms with van der Waals surface area (Å²) in [7, 11) is 0. The molecule has 0 amide bonds. The molecule has 3 saturated carbocycles. The predicted octanol–water partition coefficient (Wildman–Crippen LogP) is 10.8. The van der Waals surface area contributed by atoms with Crippen LogP contribution in [0, 0.1) is 47.1 Å². The molecule has 2 unspecified atom stereocenters. The van der Waals surface area contributed by atoms with Crippen molar-refractivity contribution in [2.45, 2.75) is 135 Å². The molecule has 2 nitrogen and oxygen atoms in total. The molecule has 0 aromatic heterocycles. The molecule has 1 heterocycles. The van der Waals surface area contributed by atoms with Gasteiger partial charge in [-0.3, -0.25) is 0 Å². The van der Waals surface area contributed by atoms with E-state index >= 15 is 0 Å². The summed E-state index contributed by atoms with van der Waals surface area (Å²) in [6.45, 7) is 5.50. The Morgan fingerprint density at radius 2 is 1.37 bits per heavy atom. The third-order valence-electron chi connectivity index (χ3n) is 11.6. The van der Waals surface area contributed by atoms with Crippen molar-refractivity contribution in [3.63, 3.8) is 0 Å². The van der Waals surface area contributed by atoms with Crippen LogP contribution in [0.25, 0.3) is 0 Å². The van der Waals surface area contributed by atoms with Gasteiger partial charge in [0.25, 0.3) is 0 Å². The summed E-state index contributed by atoms with van der Waals surface area (Å²) < 4.78 is 41.4. The second-order valence-electron chi connectivity index (χ2n) is 14.1. The molecule has 5 rings (SSSR count). The summed E-state index contributed by atoms with van der Waals surface area (Å²) in [6.07, 6.45) is 26.3. The lowest BCUT2D eigenvalue weighted by Gasteiger charge is -2.43. The molecule has 0 spiro atoms. The molecule has 1 saturated heterocycles. The number of ether oxygens (including phenoxy) is 2. The molecule has 0 N–H and O–H groups in total. The Morgan fingerprint density at radius 1 is 0.756 bits per heavy atom. The maximum atomic E-state index is 14.9. The van der Waals surface area contributed by atoms with Gasteiger partial charge in [0.05, 0.1) is 19.3 Å². The quantitative estimate of drug-likeness (QED) is 0.261. The fraction of sp³-hybridized carbons (Fsp3) is 0.784. The molecule has 0 bridgehead atoms. The minimum absolute atomic E-state index is 0.0516. The number of hydrogen-bond acceptors (Lipinski definition) is 2. The number of allylic oxidation sites excluding steroid dienone is 2. The highest BCUT2D eigenvalue weighted by Crippen LogP contribution is 2.47. The van der Waals surface area contributed by atoms with Gasteiger partial charge in [0.1, 0.15) is 0 Å². The Labute approximate surface area is 249 Å². The lowest BCUT2D eigenvalue weighted by molar-refractivity contribution is -0.0749. The zero-order valence-corrected chi connectivity index (χ0v) is 25.9. The Balaban J connectivity index is 1.00. The second-order valence-corrected chi connectivity index (χ2v) is 14.1. The van der Waals surface area contributed by atoms with Gasteiger partial charge in [-0.05, 0) is 156 Å². The van der Waals surface area contributed by atoms with Crippen molar-refractivity contribution in [1.29, 1.82) is 0 Å². The predicted molar refractivity (Wildman–Crippen MR) is 164 cm³/mol. The average Bonchev–Trinajstić information content (AvgIpc) is 3.03. The summed E-state index contributed by atoms with van der Waals surface area (Å²) in [5.74, 6) is 3.62. The zero-order chi connectivity index (χ0) is 28.6. The molecule has 41 heavy (non-hydrogen) atoms. The fourth-order valence-electron chi connectivity index (χ4n) is 9.06. The second kappa shape index (κ2) is 15.3. The molecular weight excluding hydrogens is 514 g/mol. The molecular formula is C37H56F2O2. The summed E-state index contributed by atoms with van der Waals surface area (Å²) in [5, 5.41) is 0. The number of hydrogen-bond donors (Lipinski definition) is 0. The van der Waals surface area contributed by atoms with Gasteiger partial charge in [-0.2, -0.15) is 4.39 Å². The lowest BCUT2D eigenvalue weighted by atomic mass is 9.66. The molecule has 4 aliphatic rings. The molecule has 1 aromatic carbocycles. The molecule has 2 atom stereocenters. The van der Waals surface area contributed by atoms with Crippen LogP contribution in [0.4, 0.5) is 8.78 Å². The number of benzene rings is 1. The van der Waals surface area contributed by atoms with Gasteiger partial charge in [0.2, 0.25) is 5.82 Å². The molecule has 3 aliphatic carbocycles. The van der Waals surface area contributed by atoms with Crippen LogP contribution in [0.2, 0.25) is 0 Å². The van der Waals surface area contributed by atoms with E-state index in [-0.39, 0.29) is 11.7 Å². The highest BCUT2D eigenvalue weighted by atomic mass is 19.2. The first-order chi connectivity index (χ1) is 20.1. The van der Waals surface area contributed by atoms with Gasteiger partial charge in [-0.15, -0.1) is 0 Å². The maximum absolute atomic E-state index is 14.9. The Bertz CT molecular complexity index is 944. The zero-order valence-electron chi connectivity index (χ0n) is 25.9. The van der Waals surface area contributed by atoms with Crippen LogP contribution in [-0.2, 0) is 4.74 Å². The van der Waals surface area contributed by atoms with Crippen molar-refractivity contribution in [3.8, 4) is 5.75 Å². The van der Waals surface area contributed by atoms with E-state index in [2.05, 4.69) is 19.1 Å². The van der Waals surface area contributed by atoms with Gasteiger partial charge in [0.15, 0.2) is 11.6 Å².